The minimum absolute atomic E-state index is 0.158. The van der Waals surface area contributed by atoms with E-state index in [0.29, 0.717) is 0 Å². The number of nitrogens with zero attached hydrogens (tertiary/aromatic N) is 3. The van der Waals surface area contributed by atoms with Crippen molar-refractivity contribution in [1.29, 1.82) is 0 Å². The fourth-order valence-electron chi connectivity index (χ4n) is 5.20. The number of piperidine rings is 2. The summed E-state index contributed by atoms with van der Waals surface area (Å²) < 4.78 is 11.0. The van der Waals surface area contributed by atoms with Gasteiger partial charge in [-0.25, -0.2) is 9.59 Å². The van der Waals surface area contributed by atoms with Crippen LogP contribution < -0.4 is 0 Å². The highest BCUT2D eigenvalue weighted by atomic mass is 16.6. The monoisotopic (exact) mass is 509 g/mol. The second-order valence-electron chi connectivity index (χ2n) is 13.1. The first-order chi connectivity index (χ1) is 16.8. The molecular formula is C29H55N3O4. The van der Waals surface area contributed by atoms with Gasteiger partial charge in [0.2, 0.25) is 0 Å². The highest BCUT2D eigenvalue weighted by molar-refractivity contribution is 5.68. The lowest BCUT2D eigenvalue weighted by Gasteiger charge is -2.33. The van der Waals surface area contributed by atoms with Crippen LogP contribution in [0.15, 0.2) is 0 Å². The number of hydrogen-bond donors (Lipinski definition) is 0. The zero-order valence-electron chi connectivity index (χ0n) is 24.4. The first-order valence-corrected chi connectivity index (χ1v) is 14.5. The number of unbranched alkanes of at least 4 members (excludes halogenated alkanes) is 2. The van der Waals surface area contributed by atoms with Gasteiger partial charge in [0.05, 0.1) is 0 Å². The molecule has 2 rings (SSSR count). The number of ether oxygens (including phenoxy) is 2. The maximum absolute atomic E-state index is 12.2. The Kier molecular flexibility index (Phi) is 12.3. The molecule has 0 aromatic carbocycles. The molecule has 210 valence electrons. The number of likely N-dealkylation sites (tertiary alicyclic amines) is 2. The number of hydrogen-bond acceptors (Lipinski definition) is 5. The fraction of sp³-hybridized carbons (Fsp3) is 0.931. The largest absolute Gasteiger partial charge is 0.444 e. The smallest absolute Gasteiger partial charge is 0.410 e. The molecular weight excluding hydrogens is 454 g/mol. The topological polar surface area (TPSA) is 62.3 Å². The van der Waals surface area contributed by atoms with Gasteiger partial charge in [0.25, 0.3) is 0 Å². The average molecular weight is 510 g/mol. The van der Waals surface area contributed by atoms with Crippen LogP contribution in [0.3, 0.4) is 0 Å². The van der Waals surface area contributed by atoms with Crippen molar-refractivity contribution in [2.45, 2.75) is 117 Å². The van der Waals surface area contributed by atoms with E-state index in [2.05, 4.69) is 11.9 Å². The van der Waals surface area contributed by atoms with Gasteiger partial charge < -0.3 is 24.2 Å². The molecule has 0 unspecified atom stereocenters. The van der Waals surface area contributed by atoms with Crippen LogP contribution in [-0.2, 0) is 9.47 Å². The molecule has 0 spiro atoms. The van der Waals surface area contributed by atoms with Gasteiger partial charge in [-0.2, -0.15) is 0 Å². The fourth-order valence-corrected chi connectivity index (χ4v) is 5.20. The SMILES string of the molecule is CN(CCCCC1CCN(C(=O)OC(C)(C)C)CC1)CCCCC1CCN(C(=O)OC(C)(C)C)CC1. The highest BCUT2D eigenvalue weighted by Crippen LogP contribution is 2.25. The summed E-state index contributed by atoms with van der Waals surface area (Å²) in [6.45, 7) is 17.2. The Labute approximate surface area is 221 Å². The summed E-state index contributed by atoms with van der Waals surface area (Å²) >= 11 is 0. The maximum atomic E-state index is 12.2. The van der Waals surface area contributed by atoms with Crippen LogP contribution in [-0.4, -0.2) is 84.4 Å². The van der Waals surface area contributed by atoms with Crippen LogP contribution in [0.5, 0.6) is 0 Å². The van der Waals surface area contributed by atoms with E-state index < -0.39 is 11.2 Å². The first-order valence-electron chi connectivity index (χ1n) is 14.5. The first kappa shape index (κ1) is 30.7. The number of carbonyl (C=O) groups excluding carboxylic acids is 2. The van der Waals surface area contributed by atoms with E-state index >= 15 is 0 Å². The van der Waals surface area contributed by atoms with Crippen molar-refractivity contribution in [3.8, 4) is 0 Å². The zero-order chi connectivity index (χ0) is 26.8. The highest BCUT2D eigenvalue weighted by Gasteiger charge is 2.27. The summed E-state index contributed by atoms with van der Waals surface area (Å²) in [7, 11) is 2.25. The second-order valence-corrected chi connectivity index (χ2v) is 13.1. The van der Waals surface area contributed by atoms with Crippen molar-refractivity contribution in [2.75, 3.05) is 46.3 Å². The van der Waals surface area contributed by atoms with Crippen LogP contribution in [0.4, 0.5) is 9.59 Å². The quantitative estimate of drug-likeness (QED) is 0.312. The Morgan fingerprint density at radius 1 is 0.667 bits per heavy atom. The van der Waals surface area contributed by atoms with Crippen molar-refractivity contribution in [1.82, 2.24) is 14.7 Å². The molecule has 0 aromatic heterocycles. The van der Waals surface area contributed by atoms with E-state index in [4.69, 9.17) is 9.47 Å². The Bertz CT molecular complexity index is 598. The summed E-state index contributed by atoms with van der Waals surface area (Å²) in [6, 6.07) is 0. The minimum atomic E-state index is -0.416. The van der Waals surface area contributed by atoms with E-state index in [-0.39, 0.29) is 12.2 Å². The van der Waals surface area contributed by atoms with Gasteiger partial charge in [0.1, 0.15) is 11.2 Å². The minimum Gasteiger partial charge on any atom is -0.444 e. The summed E-state index contributed by atoms with van der Waals surface area (Å²) in [4.78, 5) is 30.7. The lowest BCUT2D eigenvalue weighted by molar-refractivity contribution is 0.0170. The number of amides is 2. The van der Waals surface area contributed by atoms with Crippen LogP contribution in [0.1, 0.15) is 106 Å². The van der Waals surface area contributed by atoms with E-state index in [1.54, 1.807) is 0 Å². The van der Waals surface area contributed by atoms with Crippen molar-refractivity contribution in [2.24, 2.45) is 11.8 Å². The summed E-state index contributed by atoms with van der Waals surface area (Å²) in [5.41, 5.74) is -0.831. The average Bonchev–Trinajstić information content (AvgIpc) is 2.78. The standard InChI is InChI=1S/C29H55N3O4/c1-28(2,3)35-26(33)31-20-14-24(15-21-31)12-8-10-18-30(7)19-11-9-13-25-16-22-32(23-17-25)27(34)36-29(4,5)6/h24-25H,8-23H2,1-7H3. The van der Waals surface area contributed by atoms with Crippen LogP contribution in [0, 0.1) is 11.8 Å². The van der Waals surface area contributed by atoms with Crippen molar-refractivity contribution < 1.29 is 19.1 Å². The molecule has 2 aliphatic heterocycles. The lowest BCUT2D eigenvalue weighted by atomic mass is 9.91. The molecule has 2 fully saturated rings. The van der Waals surface area contributed by atoms with E-state index in [1.165, 1.54) is 51.6 Å². The van der Waals surface area contributed by atoms with Crippen LogP contribution in [0.25, 0.3) is 0 Å². The second kappa shape index (κ2) is 14.4. The summed E-state index contributed by atoms with van der Waals surface area (Å²) in [6.07, 6.45) is 11.7. The predicted molar refractivity (Wildman–Crippen MR) is 146 cm³/mol. The Hall–Kier alpha value is -1.50. The van der Waals surface area contributed by atoms with Crippen molar-refractivity contribution >= 4 is 12.2 Å². The van der Waals surface area contributed by atoms with Crippen molar-refractivity contribution in [3.63, 3.8) is 0 Å². The third kappa shape index (κ3) is 12.6. The normalized spacial score (nSPS) is 18.6. The lowest BCUT2D eigenvalue weighted by Crippen LogP contribution is -2.41. The molecule has 0 atom stereocenters. The maximum Gasteiger partial charge on any atom is 0.410 e. The van der Waals surface area contributed by atoms with Crippen LogP contribution >= 0.6 is 0 Å². The molecule has 2 saturated heterocycles. The predicted octanol–water partition coefficient (Wildman–Crippen LogP) is 6.55. The molecule has 2 heterocycles. The molecule has 7 heteroatoms. The summed E-state index contributed by atoms with van der Waals surface area (Å²) in [5.74, 6) is 1.49. The number of rotatable bonds is 10. The van der Waals surface area contributed by atoms with Gasteiger partial charge in [-0.1, -0.05) is 25.7 Å². The molecule has 36 heavy (non-hydrogen) atoms. The van der Waals surface area contributed by atoms with Gasteiger partial charge >= 0.3 is 12.2 Å². The van der Waals surface area contributed by atoms with Gasteiger partial charge in [0.15, 0.2) is 0 Å². The molecule has 0 aromatic rings. The third-order valence-electron chi connectivity index (χ3n) is 7.34. The van der Waals surface area contributed by atoms with Crippen molar-refractivity contribution in [3.05, 3.63) is 0 Å². The molecule has 2 aliphatic rings. The molecule has 7 nitrogen and oxygen atoms in total. The Morgan fingerprint density at radius 2 is 1.00 bits per heavy atom. The molecule has 0 aliphatic carbocycles. The molecule has 0 N–H and O–H groups in total. The Balaban J connectivity index is 1.46. The van der Waals surface area contributed by atoms with Gasteiger partial charge in [-0.3, -0.25) is 0 Å². The molecule has 2 amide bonds. The molecule has 0 saturated carbocycles. The zero-order valence-corrected chi connectivity index (χ0v) is 24.4. The van der Waals surface area contributed by atoms with E-state index in [0.717, 1.165) is 63.7 Å². The van der Waals surface area contributed by atoms with E-state index in [9.17, 15) is 9.59 Å². The number of carbonyl (C=O) groups is 2. The van der Waals surface area contributed by atoms with E-state index in [1.807, 2.05) is 51.3 Å². The summed E-state index contributed by atoms with van der Waals surface area (Å²) in [5, 5.41) is 0. The molecule has 0 radical (unpaired) electrons. The van der Waals surface area contributed by atoms with Gasteiger partial charge in [-0.15, -0.1) is 0 Å². The third-order valence-corrected chi connectivity index (χ3v) is 7.34. The van der Waals surface area contributed by atoms with Gasteiger partial charge in [-0.05, 0) is 112 Å². The molecule has 0 bridgehead atoms. The Morgan fingerprint density at radius 3 is 1.31 bits per heavy atom. The van der Waals surface area contributed by atoms with Gasteiger partial charge in [0, 0.05) is 26.2 Å². The van der Waals surface area contributed by atoms with Crippen LogP contribution in [0.2, 0.25) is 0 Å².